The van der Waals surface area contributed by atoms with Gasteiger partial charge < -0.3 is 35.2 Å². The lowest BCUT2D eigenvalue weighted by Gasteiger charge is -2.41. The van der Waals surface area contributed by atoms with Gasteiger partial charge in [0.2, 0.25) is 5.91 Å². The first-order valence-electron chi connectivity index (χ1n) is 20.6. The smallest absolute Gasteiger partial charge is 0.394 e. The molecule has 1 heterocycles. The van der Waals surface area contributed by atoms with Crippen LogP contribution in [0.5, 0.6) is 0 Å². The van der Waals surface area contributed by atoms with E-state index >= 15 is 0 Å². The van der Waals surface area contributed by atoms with Crippen molar-refractivity contribution in [3.63, 3.8) is 0 Å². The number of ether oxygens (including phenoxy) is 2. The van der Waals surface area contributed by atoms with Crippen LogP contribution in [0.15, 0.2) is 12.2 Å². The van der Waals surface area contributed by atoms with Crippen LogP contribution in [-0.4, -0.2) is 95.4 Å². The van der Waals surface area contributed by atoms with Gasteiger partial charge in [-0.15, -0.1) is 0 Å². The van der Waals surface area contributed by atoms with Gasteiger partial charge in [-0.2, -0.15) is 8.42 Å². The average molecular weight is 766 g/mol. The van der Waals surface area contributed by atoms with E-state index in [1.54, 1.807) is 0 Å². The molecule has 7 atom stereocenters. The fraction of sp³-hybridized carbons (Fsp3) is 0.923. The number of nitrogens with one attached hydrogen (secondary N) is 1. The van der Waals surface area contributed by atoms with Crippen molar-refractivity contribution >= 4 is 16.3 Å². The molecule has 6 N–H and O–H groups in total. The van der Waals surface area contributed by atoms with Crippen molar-refractivity contribution in [1.29, 1.82) is 0 Å². The Morgan fingerprint density at radius 1 is 0.750 bits per heavy atom. The lowest BCUT2D eigenvalue weighted by atomic mass is 9.99. The zero-order chi connectivity index (χ0) is 38.5. The monoisotopic (exact) mass is 766 g/mol. The van der Waals surface area contributed by atoms with Gasteiger partial charge >= 0.3 is 10.4 Å². The number of hydrogen-bond acceptors (Lipinski definition) is 10. The van der Waals surface area contributed by atoms with Crippen molar-refractivity contribution in [2.75, 3.05) is 13.2 Å². The van der Waals surface area contributed by atoms with Gasteiger partial charge in [-0.25, -0.2) is 4.18 Å². The minimum Gasteiger partial charge on any atom is -0.394 e. The molecule has 13 heteroatoms. The highest BCUT2D eigenvalue weighted by molar-refractivity contribution is 7.80. The highest BCUT2D eigenvalue weighted by Gasteiger charge is 2.48. The first-order valence-corrected chi connectivity index (χ1v) is 21.9. The zero-order valence-electron chi connectivity index (χ0n) is 32.4. The third kappa shape index (κ3) is 24.3. The number of hydrogen-bond donors (Lipinski definition) is 6. The molecule has 52 heavy (non-hydrogen) atoms. The van der Waals surface area contributed by atoms with Crippen LogP contribution in [0.25, 0.3) is 0 Å². The number of allylic oxidation sites excluding steroid dienone is 2. The van der Waals surface area contributed by atoms with Crippen LogP contribution in [0, 0.1) is 0 Å². The number of amides is 1. The molecule has 1 aliphatic rings. The summed E-state index contributed by atoms with van der Waals surface area (Å²) < 4.78 is 47.4. The predicted molar refractivity (Wildman–Crippen MR) is 204 cm³/mol. The maximum atomic E-state index is 12.9. The summed E-state index contributed by atoms with van der Waals surface area (Å²) in [5, 5.41) is 44.6. The molecule has 0 aromatic rings. The number of unbranched alkanes of at least 4 members (excludes halogenated alkanes) is 20. The van der Waals surface area contributed by atoms with Crippen LogP contribution in [0.4, 0.5) is 0 Å². The molecule has 1 fully saturated rings. The van der Waals surface area contributed by atoms with Crippen molar-refractivity contribution in [2.24, 2.45) is 0 Å². The van der Waals surface area contributed by atoms with E-state index in [2.05, 4.69) is 35.5 Å². The first kappa shape index (κ1) is 48.9. The second-order valence-corrected chi connectivity index (χ2v) is 15.6. The quantitative estimate of drug-likeness (QED) is 0.0229. The molecular formula is C39H75NO11S. The number of rotatable bonds is 34. The molecule has 7 unspecified atom stereocenters. The predicted octanol–water partition coefficient (Wildman–Crippen LogP) is 6.82. The summed E-state index contributed by atoms with van der Waals surface area (Å²) in [7, 11) is -5.07. The van der Waals surface area contributed by atoms with Gasteiger partial charge in [0.05, 0.1) is 25.4 Å². The summed E-state index contributed by atoms with van der Waals surface area (Å²) in [6, 6.07) is -0.856. The Labute approximate surface area is 315 Å². The second-order valence-electron chi connectivity index (χ2n) is 14.6. The number of carbonyl (C=O) groups excluding carboxylic acids is 1. The van der Waals surface area contributed by atoms with Crippen LogP contribution >= 0.6 is 0 Å². The summed E-state index contributed by atoms with van der Waals surface area (Å²) >= 11 is 0. The Morgan fingerprint density at radius 3 is 1.79 bits per heavy atom. The van der Waals surface area contributed by atoms with E-state index in [4.69, 9.17) is 14.0 Å². The third-order valence-electron chi connectivity index (χ3n) is 9.82. The van der Waals surface area contributed by atoms with Crippen LogP contribution in [-0.2, 0) is 28.9 Å². The van der Waals surface area contributed by atoms with Crippen LogP contribution in [0.3, 0.4) is 0 Å². The van der Waals surface area contributed by atoms with Gasteiger partial charge in [0.1, 0.15) is 24.4 Å². The van der Waals surface area contributed by atoms with Crippen molar-refractivity contribution in [3.8, 4) is 0 Å². The molecule has 0 aromatic carbocycles. The van der Waals surface area contributed by atoms with E-state index in [9.17, 15) is 33.6 Å². The van der Waals surface area contributed by atoms with E-state index in [0.29, 0.717) is 12.8 Å². The van der Waals surface area contributed by atoms with Gasteiger partial charge in [0.25, 0.3) is 0 Å². The molecule has 308 valence electrons. The van der Waals surface area contributed by atoms with Crippen LogP contribution in [0.2, 0.25) is 0 Å². The van der Waals surface area contributed by atoms with E-state index in [1.807, 2.05) is 0 Å². The molecule has 1 aliphatic heterocycles. The summed E-state index contributed by atoms with van der Waals surface area (Å²) in [4.78, 5) is 12.9. The van der Waals surface area contributed by atoms with Gasteiger partial charge in [-0.05, 0) is 32.1 Å². The number of aliphatic hydroxyl groups is 4. The molecule has 0 aromatic heterocycles. The highest BCUT2D eigenvalue weighted by Crippen LogP contribution is 2.26. The zero-order valence-corrected chi connectivity index (χ0v) is 33.2. The summed E-state index contributed by atoms with van der Waals surface area (Å²) in [6.07, 6.45) is 22.2. The molecule has 0 saturated carbocycles. The second kappa shape index (κ2) is 31.1. The fourth-order valence-corrected chi connectivity index (χ4v) is 7.06. The standard InChI is InChI=1S/C39H75NO11S/c1-3-5-7-9-11-13-15-16-17-19-20-22-24-26-28-33(42)32(40-35(43)29-27-25-23-21-18-14-12-10-8-6-4-2)31-49-39-37(45)38(51-52(46,47)48)36(44)34(30-41)50-39/h10,12,32-34,36-39,41-42,44-45H,3-9,11,13-31H2,1-2H3,(H,40,43)(H,46,47,48)/b12-10-. The lowest BCUT2D eigenvalue weighted by molar-refractivity contribution is -0.298. The first-order chi connectivity index (χ1) is 25.0. The molecule has 0 radical (unpaired) electrons. The molecule has 0 aliphatic carbocycles. The average Bonchev–Trinajstić information content (AvgIpc) is 3.11. The van der Waals surface area contributed by atoms with Crippen molar-refractivity contribution in [3.05, 3.63) is 12.2 Å². The number of carbonyl (C=O) groups is 1. The van der Waals surface area contributed by atoms with Crippen molar-refractivity contribution in [1.82, 2.24) is 5.32 Å². The fourth-order valence-electron chi connectivity index (χ4n) is 6.56. The summed E-state index contributed by atoms with van der Waals surface area (Å²) in [5.41, 5.74) is 0. The summed E-state index contributed by atoms with van der Waals surface area (Å²) in [6.45, 7) is 3.37. The third-order valence-corrected chi connectivity index (χ3v) is 10.3. The Morgan fingerprint density at radius 2 is 1.25 bits per heavy atom. The van der Waals surface area contributed by atoms with Gasteiger partial charge in [0.15, 0.2) is 6.29 Å². The van der Waals surface area contributed by atoms with Crippen molar-refractivity contribution < 1.29 is 51.8 Å². The SMILES string of the molecule is CCCC/C=C\CCCCCCCC(=O)NC(COC1OC(CO)C(O)C(OS(=O)(=O)O)C1O)C(O)CCCCCCCCCCCCCCCC. The molecule has 0 spiro atoms. The minimum absolute atomic E-state index is 0.242. The molecule has 12 nitrogen and oxygen atoms in total. The Balaban J connectivity index is 2.58. The van der Waals surface area contributed by atoms with Crippen molar-refractivity contribution in [2.45, 2.75) is 217 Å². The topological polar surface area (TPSA) is 192 Å². The Bertz CT molecular complexity index is 999. The number of aliphatic hydroxyl groups excluding tert-OH is 4. The van der Waals surface area contributed by atoms with Crippen LogP contribution in [0.1, 0.15) is 174 Å². The summed E-state index contributed by atoms with van der Waals surface area (Å²) in [5.74, 6) is -0.242. The van der Waals surface area contributed by atoms with E-state index in [-0.39, 0.29) is 18.9 Å². The molecule has 1 amide bonds. The molecular weight excluding hydrogens is 690 g/mol. The molecule has 1 rings (SSSR count). The van der Waals surface area contributed by atoms with E-state index in [0.717, 1.165) is 64.2 Å². The van der Waals surface area contributed by atoms with Crippen LogP contribution < -0.4 is 5.32 Å². The van der Waals surface area contributed by atoms with E-state index < -0.39 is 59.9 Å². The minimum atomic E-state index is -5.07. The maximum Gasteiger partial charge on any atom is 0.397 e. The Kier molecular flexibility index (Phi) is 29.2. The van der Waals surface area contributed by atoms with Gasteiger partial charge in [-0.3, -0.25) is 9.35 Å². The highest BCUT2D eigenvalue weighted by atomic mass is 32.3. The van der Waals surface area contributed by atoms with E-state index in [1.165, 1.54) is 77.0 Å². The lowest BCUT2D eigenvalue weighted by Crippen LogP contribution is -2.61. The largest absolute Gasteiger partial charge is 0.397 e. The Hall–Kier alpha value is -1.16. The molecule has 1 saturated heterocycles. The molecule has 0 bridgehead atoms. The van der Waals surface area contributed by atoms with Gasteiger partial charge in [-0.1, -0.05) is 148 Å². The maximum absolute atomic E-state index is 12.9. The van der Waals surface area contributed by atoms with Gasteiger partial charge in [0, 0.05) is 6.42 Å². The normalized spacial score (nSPS) is 22.2.